The lowest BCUT2D eigenvalue weighted by molar-refractivity contribution is 0.573. The van der Waals surface area contributed by atoms with Crippen molar-refractivity contribution in [2.24, 2.45) is 5.73 Å². The smallest absolute Gasteiger partial charge is 0.138 e. The number of halogens is 2. The fourth-order valence-corrected chi connectivity index (χ4v) is 2.38. The topological polar surface area (TPSA) is 56.7 Å². The molecule has 0 fully saturated rings. The zero-order chi connectivity index (χ0) is 13.1. The van der Waals surface area contributed by atoms with E-state index < -0.39 is 0 Å². The maximum Gasteiger partial charge on any atom is 0.138 e. The SMILES string of the molecule is CCn1ncnc1CC(N)c1cccc(F)c1Br. The molecule has 0 aliphatic heterocycles. The maximum absolute atomic E-state index is 13.4. The molecule has 0 spiro atoms. The van der Waals surface area contributed by atoms with Crippen LogP contribution in [0, 0.1) is 5.82 Å². The molecule has 6 heteroatoms. The second-order valence-electron chi connectivity index (χ2n) is 3.95. The molecule has 0 amide bonds. The summed E-state index contributed by atoms with van der Waals surface area (Å²) in [5.41, 5.74) is 6.84. The van der Waals surface area contributed by atoms with Crippen LogP contribution in [0.5, 0.6) is 0 Å². The second-order valence-corrected chi connectivity index (χ2v) is 4.74. The van der Waals surface area contributed by atoms with Crippen LogP contribution in [0.3, 0.4) is 0 Å². The number of benzene rings is 1. The Morgan fingerprint density at radius 1 is 1.50 bits per heavy atom. The van der Waals surface area contributed by atoms with E-state index in [1.54, 1.807) is 10.7 Å². The Bertz CT molecular complexity index is 541. The molecule has 0 radical (unpaired) electrons. The molecule has 1 atom stereocenters. The van der Waals surface area contributed by atoms with Gasteiger partial charge in [-0.25, -0.2) is 9.37 Å². The highest BCUT2D eigenvalue weighted by Crippen LogP contribution is 2.26. The predicted octanol–water partition coefficient (Wildman–Crippen LogP) is 2.44. The van der Waals surface area contributed by atoms with Gasteiger partial charge in [0.05, 0.1) is 4.47 Å². The molecule has 0 aliphatic carbocycles. The van der Waals surface area contributed by atoms with Crippen LogP contribution in [0.15, 0.2) is 29.0 Å². The van der Waals surface area contributed by atoms with Gasteiger partial charge in [0.2, 0.25) is 0 Å². The lowest BCUT2D eigenvalue weighted by Gasteiger charge is -2.14. The summed E-state index contributed by atoms with van der Waals surface area (Å²) >= 11 is 3.22. The monoisotopic (exact) mass is 312 g/mol. The van der Waals surface area contributed by atoms with Crippen molar-refractivity contribution >= 4 is 15.9 Å². The Kier molecular flexibility index (Phi) is 4.08. The predicted molar refractivity (Wildman–Crippen MR) is 70.4 cm³/mol. The lowest BCUT2D eigenvalue weighted by atomic mass is 10.0. The van der Waals surface area contributed by atoms with Crippen LogP contribution in [0.25, 0.3) is 0 Å². The molecular formula is C12H14BrFN4. The van der Waals surface area contributed by atoms with E-state index in [-0.39, 0.29) is 11.9 Å². The van der Waals surface area contributed by atoms with Crippen molar-refractivity contribution in [2.75, 3.05) is 0 Å². The summed E-state index contributed by atoms with van der Waals surface area (Å²) in [6, 6.07) is 4.55. The van der Waals surface area contributed by atoms with Crippen LogP contribution >= 0.6 is 15.9 Å². The van der Waals surface area contributed by atoms with E-state index in [4.69, 9.17) is 5.73 Å². The molecule has 1 unspecified atom stereocenters. The summed E-state index contributed by atoms with van der Waals surface area (Å²) in [6.45, 7) is 2.73. The number of nitrogens with zero attached hydrogens (tertiary/aromatic N) is 3. The molecule has 1 aromatic carbocycles. The molecule has 0 saturated heterocycles. The zero-order valence-corrected chi connectivity index (χ0v) is 11.6. The minimum Gasteiger partial charge on any atom is -0.324 e. The van der Waals surface area contributed by atoms with Gasteiger partial charge in [-0.1, -0.05) is 12.1 Å². The zero-order valence-electron chi connectivity index (χ0n) is 9.98. The van der Waals surface area contributed by atoms with Gasteiger partial charge in [-0.2, -0.15) is 5.10 Å². The van der Waals surface area contributed by atoms with Crippen LogP contribution in [0.4, 0.5) is 4.39 Å². The fraction of sp³-hybridized carbons (Fsp3) is 0.333. The number of aryl methyl sites for hydroxylation is 1. The van der Waals surface area contributed by atoms with Crippen LogP contribution in [0.2, 0.25) is 0 Å². The summed E-state index contributed by atoms with van der Waals surface area (Å²) in [5.74, 6) is 0.501. The van der Waals surface area contributed by atoms with E-state index in [0.717, 1.165) is 17.9 Å². The Morgan fingerprint density at radius 2 is 2.28 bits per heavy atom. The first-order valence-corrected chi connectivity index (χ1v) is 6.49. The van der Waals surface area contributed by atoms with Crippen molar-refractivity contribution in [3.8, 4) is 0 Å². The third-order valence-corrected chi connectivity index (χ3v) is 3.62. The summed E-state index contributed by atoms with van der Waals surface area (Å²) in [4.78, 5) is 4.17. The molecule has 2 N–H and O–H groups in total. The van der Waals surface area contributed by atoms with Gasteiger partial charge in [-0.15, -0.1) is 0 Å². The fourth-order valence-electron chi connectivity index (χ4n) is 1.82. The highest BCUT2D eigenvalue weighted by atomic mass is 79.9. The summed E-state index contributed by atoms with van der Waals surface area (Å²) in [7, 11) is 0. The van der Waals surface area contributed by atoms with Crippen molar-refractivity contribution in [3.05, 3.63) is 46.2 Å². The number of rotatable bonds is 4. The molecule has 4 nitrogen and oxygen atoms in total. The van der Waals surface area contributed by atoms with Gasteiger partial charge in [0.25, 0.3) is 0 Å². The number of hydrogen-bond donors (Lipinski definition) is 1. The molecule has 0 saturated carbocycles. The Labute approximate surface area is 113 Å². The Hall–Kier alpha value is -1.27. The van der Waals surface area contributed by atoms with Gasteiger partial charge in [0, 0.05) is 19.0 Å². The third-order valence-electron chi connectivity index (χ3n) is 2.78. The van der Waals surface area contributed by atoms with E-state index in [0.29, 0.717) is 10.9 Å². The van der Waals surface area contributed by atoms with E-state index >= 15 is 0 Å². The molecule has 18 heavy (non-hydrogen) atoms. The van der Waals surface area contributed by atoms with Crippen LogP contribution in [-0.4, -0.2) is 14.8 Å². The van der Waals surface area contributed by atoms with Crippen molar-refractivity contribution in [2.45, 2.75) is 25.9 Å². The molecule has 2 aromatic rings. The molecular weight excluding hydrogens is 299 g/mol. The lowest BCUT2D eigenvalue weighted by Crippen LogP contribution is -2.17. The Morgan fingerprint density at radius 3 is 3.00 bits per heavy atom. The highest BCUT2D eigenvalue weighted by molar-refractivity contribution is 9.10. The van der Waals surface area contributed by atoms with Crippen molar-refractivity contribution < 1.29 is 4.39 Å². The molecule has 0 bridgehead atoms. The number of nitrogens with two attached hydrogens (primary N) is 1. The van der Waals surface area contributed by atoms with Gasteiger partial charge in [-0.05, 0) is 34.5 Å². The standard InChI is InChI=1S/C12H14BrFN4/c1-2-18-11(16-7-17-18)6-10(15)8-4-3-5-9(14)12(8)13/h3-5,7,10H,2,6,15H2,1H3. The van der Waals surface area contributed by atoms with E-state index in [1.807, 2.05) is 13.0 Å². The minimum absolute atomic E-state index is 0.306. The van der Waals surface area contributed by atoms with Crippen LogP contribution < -0.4 is 5.73 Å². The first-order chi connectivity index (χ1) is 8.63. The molecule has 1 aromatic heterocycles. The van der Waals surface area contributed by atoms with Crippen molar-refractivity contribution in [1.29, 1.82) is 0 Å². The first kappa shape index (κ1) is 13.2. The van der Waals surface area contributed by atoms with E-state index in [2.05, 4.69) is 26.0 Å². The number of aromatic nitrogens is 3. The second kappa shape index (κ2) is 5.58. The third kappa shape index (κ3) is 2.59. The minimum atomic E-state index is -0.315. The summed E-state index contributed by atoms with van der Waals surface area (Å²) < 4.78 is 15.6. The van der Waals surface area contributed by atoms with Gasteiger partial charge in [-0.3, -0.25) is 4.68 Å². The quantitative estimate of drug-likeness (QED) is 0.943. The van der Waals surface area contributed by atoms with Crippen LogP contribution in [-0.2, 0) is 13.0 Å². The summed E-state index contributed by atoms with van der Waals surface area (Å²) in [5, 5.41) is 4.09. The van der Waals surface area contributed by atoms with Crippen molar-refractivity contribution in [1.82, 2.24) is 14.8 Å². The molecule has 96 valence electrons. The van der Waals surface area contributed by atoms with Crippen molar-refractivity contribution in [3.63, 3.8) is 0 Å². The van der Waals surface area contributed by atoms with Gasteiger partial charge >= 0.3 is 0 Å². The van der Waals surface area contributed by atoms with Gasteiger partial charge < -0.3 is 5.73 Å². The molecule has 1 heterocycles. The largest absolute Gasteiger partial charge is 0.324 e. The van der Waals surface area contributed by atoms with E-state index in [9.17, 15) is 4.39 Å². The van der Waals surface area contributed by atoms with Gasteiger partial charge in [0.1, 0.15) is 18.0 Å². The van der Waals surface area contributed by atoms with Crippen LogP contribution in [0.1, 0.15) is 24.4 Å². The Balaban J connectivity index is 2.22. The summed E-state index contributed by atoms with van der Waals surface area (Å²) in [6.07, 6.45) is 2.03. The average Bonchev–Trinajstić information content (AvgIpc) is 2.79. The average molecular weight is 313 g/mol. The molecule has 0 aliphatic rings. The number of hydrogen-bond acceptors (Lipinski definition) is 3. The highest BCUT2D eigenvalue weighted by Gasteiger charge is 2.15. The molecule has 2 rings (SSSR count). The first-order valence-electron chi connectivity index (χ1n) is 5.69. The van der Waals surface area contributed by atoms with Gasteiger partial charge in [0.15, 0.2) is 0 Å². The normalized spacial score (nSPS) is 12.7. The maximum atomic E-state index is 13.4. The van der Waals surface area contributed by atoms with E-state index in [1.165, 1.54) is 12.4 Å².